The highest BCUT2D eigenvalue weighted by molar-refractivity contribution is 5.79. The molecule has 8 rings (SSSR count). The molecule has 390 valence electrons. The van der Waals surface area contributed by atoms with E-state index in [0.717, 1.165) is 12.0 Å². The van der Waals surface area contributed by atoms with Crippen LogP contribution in [0.4, 0.5) is 0 Å². The van der Waals surface area contributed by atoms with Crippen LogP contribution in [0.25, 0.3) is 0 Å². The third-order valence-corrected chi connectivity index (χ3v) is 19.5. The fraction of sp³-hybridized carbons (Fsp3) is 0.939. The summed E-state index contributed by atoms with van der Waals surface area (Å²) in [6.07, 6.45) is -17.0. The van der Waals surface area contributed by atoms with Gasteiger partial charge in [-0.05, 0) is 91.8 Å². The van der Waals surface area contributed by atoms with Crippen molar-refractivity contribution in [3.05, 3.63) is 11.6 Å². The summed E-state index contributed by atoms with van der Waals surface area (Å²) in [5.74, 6) is -0.907. The molecule has 68 heavy (non-hydrogen) atoms. The summed E-state index contributed by atoms with van der Waals surface area (Å²) in [6, 6.07) is 0. The molecule has 25 unspecified atom stereocenters. The average Bonchev–Trinajstić information content (AvgIpc) is 3.29. The smallest absolute Gasteiger partial charge is 0.315 e. The van der Waals surface area contributed by atoms with Gasteiger partial charge in [0, 0.05) is 18.4 Å². The number of esters is 1. The molecule has 3 saturated heterocycles. The minimum absolute atomic E-state index is 0.0754. The van der Waals surface area contributed by atoms with Gasteiger partial charge in [0.2, 0.25) is 0 Å². The van der Waals surface area contributed by atoms with E-state index < -0.39 is 139 Å². The highest BCUT2D eigenvalue weighted by Crippen LogP contribution is 2.76. The molecular weight excluding hydrogens is 893 g/mol. The van der Waals surface area contributed by atoms with Crippen molar-refractivity contribution in [2.45, 2.75) is 204 Å². The van der Waals surface area contributed by atoms with Crippen LogP contribution in [0.2, 0.25) is 0 Å². The van der Waals surface area contributed by atoms with Crippen molar-refractivity contribution in [3.8, 4) is 0 Å². The molecule has 19 nitrogen and oxygen atoms in total. The molecule has 0 aromatic heterocycles. The van der Waals surface area contributed by atoms with Gasteiger partial charge in [-0.15, -0.1) is 0 Å². The van der Waals surface area contributed by atoms with E-state index in [4.69, 9.17) is 37.9 Å². The van der Waals surface area contributed by atoms with Gasteiger partial charge in [-0.1, -0.05) is 53.2 Å². The monoisotopic (exact) mass is 973 g/mol. The maximum absolute atomic E-state index is 13.9. The van der Waals surface area contributed by atoms with Crippen LogP contribution in [0.3, 0.4) is 0 Å². The molecule has 8 aliphatic rings. The van der Waals surface area contributed by atoms with E-state index in [1.807, 2.05) is 6.92 Å². The first-order valence-electron chi connectivity index (χ1n) is 24.7. The second-order valence-electron chi connectivity index (χ2n) is 23.5. The summed E-state index contributed by atoms with van der Waals surface area (Å²) in [5, 5.41) is 110. The number of carbonyl (C=O) groups excluding carboxylic acids is 1. The lowest BCUT2D eigenvalue weighted by Crippen LogP contribution is -2.71. The summed E-state index contributed by atoms with van der Waals surface area (Å²) in [6.45, 7) is 13.3. The Morgan fingerprint density at radius 1 is 0.735 bits per heavy atom. The van der Waals surface area contributed by atoms with E-state index in [-0.39, 0.29) is 41.8 Å². The van der Waals surface area contributed by atoms with Gasteiger partial charge in [0.1, 0.15) is 66.5 Å². The Hall–Kier alpha value is -1.47. The van der Waals surface area contributed by atoms with Crippen molar-refractivity contribution in [3.63, 3.8) is 0 Å². The SMILES string of the molecule is COC(=O)C12CCC(C)(C)CC1C1=CC(OC)C3C4(C)CCC(OC5OC(CO)C(O)C(O)C5OC5OC(C)C(O)C(O)C5OC5OCC(O)C(O)C5O)C(C)(CO)C4CCC3(C)C1(C)CC2O. The Kier molecular flexibility index (Phi) is 14.6. The minimum atomic E-state index is -1.78. The number of methoxy groups -OCH3 is 2. The van der Waals surface area contributed by atoms with Gasteiger partial charge in [0.05, 0.1) is 51.3 Å². The predicted octanol–water partition coefficient (Wildman–Crippen LogP) is 0.0294. The lowest BCUT2D eigenvalue weighted by atomic mass is 9.32. The Morgan fingerprint density at radius 2 is 1.38 bits per heavy atom. The van der Waals surface area contributed by atoms with Crippen molar-refractivity contribution >= 4 is 5.97 Å². The van der Waals surface area contributed by atoms with Crippen molar-refractivity contribution in [1.82, 2.24) is 0 Å². The van der Waals surface area contributed by atoms with Gasteiger partial charge in [-0.2, -0.15) is 0 Å². The highest BCUT2D eigenvalue weighted by atomic mass is 16.8. The van der Waals surface area contributed by atoms with Crippen LogP contribution < -0.4 is 0 Å². The Morgan fingerprint density at radius 3 is 2.01 bits per heavy atom. The molecule has 0 aromatic carbocycles. The number of rotatable bonds is 10. The normalized spacial score (nSPS) is 54.6. The molecule has 0 spiro atoms. The summed E-state index contributed by atoms with van der Waals surface area (Å²) < 4.78 is 48.7. The van der Waals surface area contributed by atoms with E-state index in [0.29, 0.717) is 44.9 Å². The fourth-order valence-electron chi connectivity index (χ4n) is 15.3. The van der Waals surface area contributed by atoms with Crippen LogP contribution in [0.15, 0.2) is 11.6 Å². The van der Waals surface area contributed by atoms with Crippen LogP contribution in [-0.2, 0) is 42.7 Å². The predicted molar refractivity (Wildman–Crippen MR) is 237 cm³/mol. The first kappa shape index (κ1) is 52.8. The van der Waals surface area contributed by atoms with Crippen LogP contribution in [-0.4, -0.2) is 195 Å². The summed E-state index contributed by atoms with van der Waals surface area (Å²) in [4.78, 5) is 13.9. The Bertz CT molecular complexity index is 1850. The van der Waals surface area contributed by atoms with Gasteiger partial charge < -0.3 is 89.0 Å². The van der Waals surface area contributed by atoms with Crippen molar-refractivity contribution in [2.24, 2.45) is 50.2 Å². The lowest BCUT2D eigenvalue weighted by Gasteiger charge is -2.72. The summed E-state index contributed by atoms with van der Waals surface area (Å²) in [5.41, 5.74) is -2.37. The van der Waals surface area contributed by atoms with E-state index >= 15 is 0 Å². The third kappa shape index (κ3) is 7.99. The van der Waals surface area contributed by atoms with Crippen LogP contribution >= 0.6 is 0 Å². The summed E-state index contributed by atoms with van der Waals surface area (Å²) >= 11 is 0. The lowest BCUT2D eigenvalue weighted by molar-refractivity contribution is -0.393. The van der Waals surface area contributed by atoms with Gasteiger partial charge in [0.15, 0.2) is 18.9 Å². The van der Waals surface area contributed by atoms with Gasteiger partial charge in [0.25, 0.3) is 0 Å². The standard InChI is InChI=1S/C49H80O19/c1-22-31(54)34(57)37(67-40-36(59)32(55)25(52)20-63-40)41(64-22)68-38-35(58)33(56)27(19-50)65-42(38)66-30-11-12-45(4)28(46(30,5)21-51)10-13-47(6)39(45)26(61-8)16-23-24-17-44(2,3)14-15-49(24,43(60)62-9)29(53)18-48(23,47)7/h16,22,24-42,50-59H,10-15,17-21H2,1-9H3. The number of allylic oxidation sites excluding steroid dienone is 1. The molecule has 3 aliphatic heterocycles. The van der Waals surface area contributed by atoms with Crippen molar-refractivity contribution in [2.75, 3.05) is 34.0 Å². The quantitative estimate of drug-likeness (QED) is 0.0785. The molecule has 7 fully saturated rings. The number of hydrogen-bond donors (Lipinski definition) is 10. The molecule has 25 atom stereocenters. The second-order valence-corrected chi connectivity index (χ2v) is 23.5. The van der Waals surface area contributed by atoms with E-state index in [1.165, 1.54) is 14.0 Å². The van der Waals surface area contributed by atoms with E-state index in [1.54, 1.807) is 7.11 Å². The molecule has 19 heteroatoms. The van der Waals surface area contributed by atoms with Crippen molar-refractivity contribution in [1.29, 1.82) is 0 Å². The van der Waals surface area contributed by atoms with E-state index in [2.05, 4.69) is 40.7 Å². The number of aliphatic hydroxyl groups is 10. The number of carbonyl (C=O) groups is 1. The molecule has 0 bridgehead atoms. The van der Waals surface area contributed by atoms with Gasteiger partial charge in [-0.3, -0.25) is 4.79 Å². The molecule has 0 amide bonds. The maximum Gasteiger partial charge on any atom is 0.315 e. The summed E-state index contributed by atoms with van der Waals surface area (Å²) in [7, 11) is 3.12. The van der Waals surface area contributed by atoms with Crippen LogP contribution in [0.5, 0.6) is 0 Å². The van der Waals surface area contributed by atoms with E-state index in [9.17, 15) is 55.9 Å². The first-order chi connectivity index (χ1) is 31.8. The second kappa shape index (κ2) is 18.8. The zero-order valence-corrected chi connectivity index (χ0v) is 41.0. The Labute approximate surface area is 399 Å². The molecular formula is C49H80O19. The first-order valence-corrected chi connectivity index (χ1v) is 24.7. The highest BCUT2D eigenvalue weighted by Gasteiger charge is 2.74. The number of hydrogen-bond acceptors (Lipinski definition) is 19. The number of aliphatic hydroxyl groups excluding tert-OH is 10. The van der Waals surface area contributed by atoms with Crippen molar-refractivity contribution < 1.29 is 93.8 Å². The molecule has 0 aromatic rings. The fourth-order valence-corrected chi connectivity index (χ4v) is 15.3. The third-order valence-electron chi connectivity index (χ3n) is 19.5. The minimum Gasteiger partial charge on any atom is -0.468 e. The molecule has 10 N–H and O–H groups in total. The van der Waals surface area contributed by atoms with Crippen LogP contribution in [0.1, 0.15) is 99.8 Å². The molecule has 4 saturated carbocycles. The largest absolute Gasteiger partial charge is 0.468 e. The topological polar surface area (TPSA) is 293 Å². The van der Waals surface area contributed by atoms with Crippen LogP contribution in [0, 0.1) is 50.2 Å². The zero-order chi connectivity index (χ0) is 49.8. The maximum atomic E-state index is 13.9. The number of fused-ring (bicyclic) bond motifs is 7. The molecule has 5 aliphatic carbocycles. The molecule has 3 heterocycles. The zero-order valence-electron chi connectivity index (χ0n) is 41.0. The number of ether oxygens (including phenoxy) is 8. The molecule has 0 radical (unpaired) electrons. The van der Waals surface area contributed by atoms with Gasteiger partial charge in [-0.25, -0.2) is 0 Å². The Balaban J connectivity index is 1.10. The van der Waals surface area contributed by atoms with Gasteiger partial charge >= 0.3 is 5.97 Å². The average molecular weight is 973 g/mol.